The molecule has 3 aromatic heterocycles. The van der Waals surface area contributed by atoms with E-state index in [2.05, 4.69) is 15.3 Å². The van der Waals surface area contributed by atoms with Crippen molar-refractivity contribution in [2.24, 2.45) is 5.73 Å². The monoisotopic (exact) mass is 582 g/mol. The van der Waals surface area contributed by atoms with Crippen molar-refractivity contribution in [2.45, 2.75) is 50.6 Å². The van der Waals surface area contributed by atoms with Crippen molar-refractivity contribution in [1.82, 2.24) is 19.5 Å². The van der Waals surface area contributed by atoms with Crippen LogP contribution in [-0.4, -0.2) is 49.1 Å². The Morgan fingerprint density at radius 2 is 1.84 bits per heavy atom. The number of carboxylic acid groups (broad SMARTS) is 1. The number of carboxylic acids is 1. The van der Waals surface area contributed by atoms with E-state index in [1.54, 1.807) is 48.9 Å². The molecule has 220 valence electrons. The van der Waals surface area contributed by atoms with Crippen LogP contribution in [0.15, 0.2) is 71.7 Å². The fourth-order valence-corrected chi connectivity index (χ4v) is 5.89. The first-order valence-electron chi connectivity index (χ1n) is 14.1. The number of aromatic nitrogens is 3. The molecule has 0 spiro atoms. The SMILES string of the molecule is NC(=O)[C@H](Cc1cn(NC(=O)C(=O)O)c2ccccc12)NC(=O)c1ccc2c(c1)nc(-c1ccoc1)n2C1CCCCC1. The quantitative estimate of drug-likeness (QED) is 0.202. The molecule has 2 aromatic carbocycles. The number of carbonyl (C=O) groups is 4. The number of nitrogens with one attached hydrogen (secondary N) is 2. The zero-order valence-electron chi connectivity index (χ0n) is 23.2. The van der Waals surface area contributed by atoms with Gasteiger partial charge in [0.2, 0.25) is 5.91 Å². The van der Waals surface area contributed by atoms with Crippen LogP contribution in [0.5, 0.6) is 0 Å². The van der Waals surface area contributed by atoms with Crippen LogP contribution in [0.3, 0.4) is 0 Å². The molecule has 3 heterocycles. The standard InChI is InChI=1S/C31H30N6O6/c32-27(38)24(15-20-16-36(35-30(40)31(41)42)25-9-5-4-8-22(20)25)34-29(39)18-10-11-26-23(14-18)33-28(19-12-13-43-17-19)37(26)21-6-2-1-3-7-21/h4-5,8-14,16-17,21,24H,1-3,6-7,15H2,(H2,32,38)(H,34,39)(H,35,40)(H,41,42)/t24-/m0/s1. The van der Waals surface area contributed by atoms with Gasteiger partial charge in [-0.15, -0.1) is 0 Å². The van der Waals surface area contributed by atoms with Gasteiger partial charge in [-0.2, -0.15) is 0 Å². The van der Waals surface area contributed by atoms with E-state index in [0.717, 1.165) is 42.6 Å². The lowest BCUT2D eigenvalue weighted by atomic mass is 9.95. The fourth-order valence-electron chi connectivity index (χ4n) is 5.89. The minimum absolute atomic E-state index is 0.0146. The summed E-state index contributed by atoms with van der Waals surface area (Å²) in [6.45, 7) is 0. The molecule has 3 amide bonds. The van der Waals surface area contributed by atoms with Gasteiger partial charge in [0.05, 0.1) is 28.4 Å². The summed E-state index contributed by atoms with van der Waals surface area (Å²) in [5.41, 5.74) is 11.9. The first-order valence-corrected chi connectivity index (χ1v) is 14.1. The molecule has 1 aliphatic carbocycles. The van der Waals surface area contributed by atoms with Crippen LogP contribution in [0.1, 0.15) is 54.1 Å². The number of fused-ring (bicyclic) bond motifs is 2. The summed E-state index contributed by atoms with van der Waals surface area (Å²) >= 11 is 0. The van der Waals surface area contributed by atoms with Crippen molar-refractivity contribution in [3.63, 3.8) is 0 Å². The lowest BCUT2D eigenvalue weighted by Gasteiger charge is -2.25. The van der Waals surface area contributed by atoms with Crippen molar-refractivity contribution in [3.05, 3.63) is 78.4 Å². The highest BCUT2D eigenvalue weighted by Gasteiger charge is 2.26. The Morgan fingerprint density at radius 3 is 2.56 bits per heavy atom. The van der Waals surface area contributed by atoms with E-state index in [9.17, 15) is 19.2 Å². The summed E-state index contributed by atoms with van der Waals surface area (Å²) in [6, 6.07) is 13.3. The number of benzene rings is 2. The Kier molecular flexibility index (Phi) is 7.41. The molecule has 6 rings (SSSR count). The lowest BCUT2D eigenvalue weighted by molar-refractivity contribution is -0.148. The van der Waals surface area contributed by atoms with Gasteiger partial charge in [0.1, 0.15) is 18.1 Å². The second-order valence-electron chi connectivity index (χ2n) is 10.7. The summed E-state index contributed by atoms with van der Waals surface area (Å²) in [5.74, 6) is -3.31. The molecule has 0 saturated heterocycles. The molecule has 1 saturated carbocycles. The number of nitrogens with two attached hydrogens (primary N) is 1. The molecule has 12 heteroatoms. The van der Waals surface area contributed by atoms with Crippen molar-refractivity contribution >= 4 is 45.6 Å². The van der Waals surface area contributed by atoms with E-state index in [0.29, 0.717) is 33.6 Å². The Hall–Kier alpha value is -5.39. The van der Waals surface area contributed by atoms with Gasteiger partial charge in [0.25, 0.3) is 5.91 Å². The van der Waals surface area contributed by atoms with E-state index in [1.165, 1.54) is 17.3 Å². The van der Waals surface area contributed by atoms with Gasteiger partial charge in [-0.3, -0.25) is 24.5 Å². The second kappa shape index (κ2) is 11.5. The average Bonchev–Trinajstić information content (AvgIpc) is 3.75. The van der Waals surface area contributed by atoms with Crippen molar-refractivity contribution in [2.75, 3.05) is 5.43 Å². The van der Waals surface area contributed by atoms with Gasteiger partial charge >= 0.3 is 11.9 Å². The van der Waals surface area contributed by atoms with Crippen LogP contribution < -0.4 is 16.5 Å². The molecule has 5 aromatic rings. The Labute approximate surface area is 245 Å². The number of carbonyl (C=O) groups excluding carboxylic acids is 3. The number of primary amides is 1. The van der Waals surface area contributed by atoms with Gasteiger partial charge in [-0.1, -0.05) is 37.5 Å². The molecule has 0 bridgehead atoms. The smallest absolute Gasteiger partial charge is 0.396 e. The zero-order chi connectivity index (χ0) is 30.1. The predicted molar refractivity (Wildman–Crippen MR) is 158 cm³/mol. The Balaban J connectivity index is 1.28. The first-order chi connectivity index (χ1) is 20.8. The molecule has 0 aliphatic heterocycles. The second-order valence-corrected chi connectivity index (χ2v) is 10.7. The van der Waals surface area contributed by atoms with E-state index in [-0.39, 0.29) is 6.42 Å². The van der Waals surface area contributed by atoms with E-state index < -0.39 is 29.7 Å². The molecule has 1 aliphatic rings. The summed E-state index contributed by atoms with van der Waals surface area (Å²) in [4.78, 5) is 53.6. The maximum absolute atomic E-state index is 13.4. The summed E-state index contributed by atoms with van der Waals surface area (Å²) in [6.07, 6.45) is 10.4. The molecule has 43 heavy (non-hydrogen) atoms. The number of amides is 3. The third kappa shape index (κ3) is 5.46. The third-order valence-corrected chi connectivity index (χ3v) is 7.95. The lowest BCUT2D eigenvalue weighted by Crippen LogP contribution is -2.45. The number of para-hydroxylation sites is 1. The maximum atomic E-state index is 13.4. The Morgan fingerprint density at radius 1 is 1.05 bits per heavy atom. The van der Waals surface area contributed by atoms with Crippen molar-refractivity contribution in [3.8, 4) is 11.4 Å². The van der Waals surface area contributed by atoms with Crippen LogP contribution in [0, 0.1) is 0 Å². The molecule has 5 N–H and O–H groups in total. The number of furan rings is 1. The number of hydrogen-bond acceptors (Lipinski definition) is 6. The highest BCUT2D eigenvalue weighted by molar-refractivity contribution is 6.35. The van der Waals surface area contributed by atoms with Crippen molar-refractivity contribution < 1.29 is 28.7 Å². The molecule has 0 unspecified atom stereocenters. The zero-order valence-corrected chi connectivity index (χ0v) is 23.2. The number of aliphatic carboxylic acids is 1. The molecule has 1 fully saturated rings. The maximum Gasteiger partial charge on any atom is 0.396 e. The largest absolute Gasteiger partial charge is 0.474 e. The molecular formula is C31H30N6O6. The first kappa shape index (κ1) is 27.8. The number of imidazole rings is 1. The summed E-state index contributed by atoms with van der Waals surface area (Å²) < 4.78 is 8.85. The molecular weight excluding hydrogens is 552 g/mol. The van der Waals surface area contributed by atoms with Gasteiger partial charge < -0.3 is 25.1 Å². The minimum atomic E-state index is -1.64. The number of nitrogens with zero attached hydrogens (tertiary/aromatic N) is 3. The minimum Gasteiger partial charge on any atom is -0.474 e. The van der Waals surface area contributed by atoms with Gasteiger partial charge in [-0.25, -0.2) is 9.78 Å². The van der Waals surface area contributed by atoms with Crippen LogP contribution in [-0.2, 0) is 20.8 Å². The fraction of sp³-hybridized carbons (Fsp3) is 0.258. The summed E-state index contributed by atoms with van der Waals surface area (Å²) in [7, 11) is 0. The molecule has 1 atom stereocenters. The van der Waals surface area contributed by atoms with E-state index >= 15 is 0 Å². The summed E-state index contributed by atoms with van der Waals surface area (Å²) in [5, 5.41) is 12.4. The van der Waals surface area contributed by atoms with Crippen LogP contribution >= 0.6 is 0 Å². The van der Waals surface area contributed by atoms with E-state index in [1.807, 2.05) is 12.1 Å². The van der Waals surface area contributed by atoms with Gasteiger partial charge in [-0.05, 0) is 48.7 Å². The van der Waals surface area contributed by atoms with Gasteiger partial charge in [0, 0.05) is 29.6 Å². The molecule has 12 nitrogen and oxygen atoms in total. The predicted octanol–water partition coefficient (Wildman–Crippen LogP) is 3.74. The topological polar surface area (TPSA) is 174 Å². The van der Waals surface area contributed by atoms with Crippen LogP contribution in [0.2, 0.25) is 0 Å². The van der Waals surface area contributed by atoms with Crippen LogP contribution in [0.25, 0.3) is 33.3 Å². The Bertz CT molecular complexity index is 1850. The average molecular weight is 583 g/mol. The molecule has 0 radical (unpaired) electrons. The van der Waals surface area contributed by atoms with Crippen LogP contribution in [0.4, 0.5) is 0 Å². The highest BCUT2D eigenvalue weighted by Crippen LogP contribution is 2.36. The van der Waals surface area contributed by atoms with Gasteiger partial charge in [0.15, 0.2) is 0 Å². The normalized spacial score (nSPS) is 14.5. The number of rotatable bonds is 8. The van der Waals surface area contributed by atoms with E-state index in [4.69, 9.17) is 20.2 Å². The van der Waals surface area contributed by atoms with Crippen molar-refractivity contribution in [1.29, 1.82) is 0 Å². The third-order valence-electron chi connectivity index (χ3n) is 7.95. The highest BCUT2D eigenvalue weighted by atomic mass is 16.4. The number of hydrogen-bond donors (Lipinski definition) is 4.